The summed E-state index contributed by atoms with van der Waals surface area (Å²) in [7, 11) is 0. The van der Waals surface area contributed by atoms with Crippen LogP contribution in [0.25, 0.3) is 11.3 Å². The van der Waals surface area contributed by atoms with Crippen LogP contribution in [0.1, 0.15) is 12.5 Å². The number of fused-ring (bicyclic) bond motifs is 1. The SMILES string of the molecule is CC(=O)N1CCc2cc(NC(=O)N3CCN(c4nc(-c5ccccc5)cs4)CC3)ccc21. The molecule has 3 aromatic rings. The molecule has 1 aromatic heterocycles. The molecule has 8 heteroatoms. The number of nitrogens with zero attached hydrogens (tertiary/aromatic N) is 4. The minimum atomic E-state index is -0.0878. The van der Waals surface area contributed by atoms with E-state index in [9.17, 15) is 9.59 Å². The van der Waals surface area contributed by atoms with Crippen LogP contribution in [-0.4, -0.2) is 54.5 Å². The molecule has 2 aliphatic heterocycles. The molecule has 2 aromatic carbocycles. The molecule has 0 radical (unpaired) electrons. The Labute approximate surface area is 191 Å². The average molecular weight is 448 g/mol. The maximum Gasteiger partial charge on any atom is 0.321 e. The molecule has 0 aliphatic carbocycles. The van der Waals surface area contributed by atoms with E-state index < -0.39 is 0 Å². The molecule has 5 rings (SSSR count). The Hall–Kier alpha value is -3.39. The maximum absolute atomic E-state index is 12.8. The second-order valence-electron chi connectivity index (χ2n) is 8.05. The van der Waals surface area contributed by atoms with Gasteiger partial charge in [0.15, 0.2) is 5.13 Å². The van der Waals surface area contributed by atoms with Crippen molar-refractivity contribution in [3.8, 4) is 11.3 Å². The van der Waals surface area contributed by atoms with Gasteiger partial charge in [-0.1, -0.05) is 30.3 Å². The van der Waals surface area contributed by atoms with E-state index in [1.165, 1.54) is 0 Å². The Kier molecular flexibility index (Phi) is 5.53. The molecule has 0 spiro atoms. The minimum absolute atomic E-state index is 0.0505. The molecule has 2 aliphatic rings. The summed E-state index contributed by atoms with van der Waals surface area (Å²) in [6.07, 6.45) is 0.816. The van der Waals surface area contributed by atoms with Gasteiger partial charge in [-0.05, 0) is 30.2 Å². The van der Waals surface area contributed by atoms with E-state index in [0.29, 0.717) is 19.6 Å². The molecule has 0 atom stereocenters. The van der Waals surface area contributed by atoms with Gasteiger partial charge >= 0.3 is 6.03 Å². The first-order valence-corrected chi connectivity index (χ1v) is 11.7. The average Bonchev–Trinajstić information content (AvgIpc) is 3.47. The molecule has 0 saturated carbocycles. The van der Waals surface area contributed by atoms with Crippen LogP contribution in [-0.2, 0) is 11.2 Å². The summed E-state index contributed by atoms with van der Waals surface area (Å²) in [6, 6.07) is 15.9. The van der Waals surface area contributed by atoms with E-state index in [4.69, 9.17) is 4.98 Å². The minimum Gasteiger partial charge on any atom is -0.345 e. The molecular formula is C24H25N5O2S. The second kappa shape index (κ2) is 8.63. The van der Waals surface area contributed by atoms with Crippen LogP contribution in [0.3, 0.4) is 0 Å². The number of rotatable bonds is 3. The topological polar surface area (TPSA) is 68.8 Å². The summed E-state index contributed by atoms with van der Waals surface area (Å²) in [5.41, 5.74) is 4.93. The number of amides is 3. The third-order valence-corrected chi connectivity index (χ3v) is 6.91. The maximum atomic E-state index is 12.8. The number of carbonyl (C=O) groups is 2. The van der Waals surface area contributed by atoms with Crippen molar-refractivity contribution in [1.29, 1.82) is 0 Å². The van der Waals surface area contributed by atoms with Gasteiger partial charge in [0.25, 0.3) is 0 Å². The summed E-state index contributed by atoms with van der Waals surface area (Å²) < 4.78 is 0. The van der Waals surface area contributed by atoms with Crippen molar-refractivity contribution < 1.29 is 9.59 Å². The molecular weight excluding hydrogens is 422 g/mol. The third kappa shape index (κ3) is 4.05. The molecule has 3 amide bonds. The lowest BCUT2D eigenvalue weighted by Crippen LogP contribution is -2.50. The van der Waals surface area contributed by atoms with Gasteiger partial charge in [0.05, 0.1) is 5.69 Å². The van der Waals surface area contributed by atoms with Gasteiger partial charge in [0, 0.05) is 62.0 Å². The Bertz CT molecular complexity index is 1140. The fourth-order valence-electron chi connectivity index (χ4n) is 4.26. The quantitative estimate of drug-likeness (QED) is 0.657. The molecule has 1 saturated heterocycles. The summed E-state index contributed by atoms with van der Waals surface area (Å²) in [5.74, 6) is 0.0505. The van der Waals surface area contributed by atoms with Gasteiger partial charge in [-0.15, -0.1) is 11.3 Å². The Morgan fingerprint density at radius 2 is 1.78 bits per heavy atom. The summed E-state index contributed by atoms with van der Waals surface area (Å²) in [4.78, 5) is 35.2. The first kappa shape index (κ1) is 20.5. The third-order valence-electron chi connectivity index (χ3n) is 6.01. The van der Waals surface area contributed by atoms with E-state index in [1.807, 2.05) is 41.3 Å². The predicted molar refractivity (Wildman–Crippen MR) is 129 cm³/mol. The van der Waals surface area contributed by atoms with Crippen LogP contribution in [0.15, 0.2) is 53.9 Å². The molecule has 0 unspecified atom stereocenters. The highest BCUT2D eigenvalue weighted by Crippen LogP contribution is 2.31. The number of aromatic nitrogens is 1. The van der Waals surface area contributed by atoms with Gasteiger partial charge in [0.1, 0.15) is 0 Å². The van der Waals surface area contributed by atoms with E-state index in [0.717, 1.165) is 52.8 Å². The van der Waals surface area contributed by atoms with Gasteiger partial charge in [-0.25, -0.2) is 9.78 Å². The van der Waals surface area contributed by atoms with Crippen molar-refractivity contribution in [3.63, 3.8) is 0 Å². The first-order chi connectivity index (χ1) is 15.6. The van der Waals surface area contributed by atoms with Crippen molar-refractivity contribution >= 4 is 39.8 Å². The van der Waals surface area contributed by atoms with Gasteiger partial charge in [-0.3, -0.25) is 4.79 Å². The predicted octanol–water partition coefficient (Wildman–Crippen LogP) is 4.07. The standard InChI is InChI=1S/C24H25N5O2S/c1-17(30)29-10-9-19-15-20(7-8-22(19)29)25-23(31)27-11-13-28(14-12-27)24-26-21(16-32-24)18-5-3-2-4-6-18/h2-8,15-16H,9-14H2,1H3,(H,25,31). The van der Waals surface area contributed by atoms with E-state index in [1.54, 1.807) is 23.2 Å². The number of nitrogens with one attached hydrogen (secondary N) is 1. The van der Waals surface area contributed by atoms with Crippen LogP contribution in [0, 0.1) is 0 Å². The highest BCUT2D eigenvalue weighted by atomic mass is 32.1. The van der Waals surface area contributed by atoms with Crippen molar-refractivity contribution in [2.24, 2.45) is 0 Å². The number of carbonyl (C=O) groups excluding carboxylic acids is 2. The molecule has 1 fully saturated rings. The van der Waals surface area contributed by atoms with E-state index >= 15 is 0 Å². The molecule has 3 heterocycles. The zero-order valence-corrected chi connectivity index (χ0v) is 18.8. The van der Waals surface area contributed by atoms with Crippen LogP contribution < -0.4 is 15.1 Å². The van der Waals surface area contributed by atoms with E-state index in [-0.39, 0.29) is 11.9 Å². The number of hydrogen-bond donors (Lipinski definition) is 1. The molecule has 7 nitrogen and oxygen atoms in total. The van der Waals surface area contributed by atoms with Crippen molar-refractivity contribution in [3.05, 3.63) is 59.5 Å². The lowest BCUT2D eigenvalue weighted by Gasteiger charge is -2.34. The van der Waals surface area contributed by atoms with Crippen molar-refractivity contribution in [2.45, 2.75) is 13.3 Å². The summed E-state index contributed by atoms with van der Waals surface area (Å²) in [6.45, 7) is 5.09. The summed E-state index contributed by atoms with van der Waals surface area (Å²) in [5, 5.41) is 6.10. The Morgan fingerprint density at radius 3 is 2.53 bits per heavy atom. The molecule has 0 bridgehead atoms. The van der Waals surface area contributed by atoms with Crippen LogP contribution in [0.5, 0.6) is 0 Å². The first-order valence-electron chi connectivity index (χ1n) is 10.8. The lowest BCUT2D eigenvalue weighted by atomic mass is 10.1. The van der Waals surface area contributed by atoms with Gasteiger partial charge in [0.2, 0.25) is 5.91 Å². The van der Waals surface area contributed by atoms with Crippen LogP contribution >= 0.6 is 11.3 Å². The zero-order valence-electron chi connectivity index (χ0n) is 18.0. The molecule has 32 heavy (non-hydrogen) atoms. The number of benzene rings is 2. The number of piperazine rings is 1. The normalized spacial score (nSPS) is 15.6. The smallest absolute Gasteiger partial charge is 0.321 e. The van der Waals surface area contributed by atoms with Crippen LogP contribution in [0.4, 0.5) is 21.3 Å². The van der Waals surface area contributed by atoms with Gasteiger partial charge < -0.3 is 20.0 Å². The number of urea groups is 1. The van der Waals surface area contributed by atoms with Crippen LogP contribution in [0.2, 0.25) is 0 Å². The lowest BCUT2D eigenvalue weighted by molar-refractivity contribution is -0.116. The Balaban J connectivity index is 1.18. The number of hydrogen-bond acceptors (Lipinski definition) is 5. The fourth-order valence-corrected chi connectivity index (χ4v) is 5.15. The zero-order chi connectivity index (χ0) is 22.1. The Morgan fingerprint density at radius 1 is 1.00 bits per heavy atom. The van der Waals surface area contributed by atoms with Crippen molar-refractivity contribution in [1.82, 2.24) is 9.88 Å². The van der Waals surface area contributed by atoms with Gasteiger partial charge in [-0.2, -0.15) is 0 Å². The summed E-state index contributed by atoms with van der Waals surface area (Å²) >= 11 is 1.64. The van der Waals surface area contributed by atoms with E-state index in [2.05, 4.69) is 27.7 Å². The fraction of sp³-hybridized carbons (Fsp3) is 0.292. The molecule has 1 N–H and O–H groups in total. The highest BCUT2D eigenvalue weighted by Gasteiger charge is 2.25. The number of anilines is 3. The monoisotopic (exact) mass is 447 g/mol. The second-order valence-corrected chi connectivity index (χ2v) is 8.89. The highest BCUT2D eigenvalue weighted by molar-refractivity contribution is 7.14. The molecule has 164 valence electrons. The van der Waals surface area contributed by atoms with Crippen molar-refractivity contribution in [2.75, 3.05) is 47.8 Å². The largest absolute Gasteiger partial charge is 0.345 e. The number of thiazole rings is 1.